The molecule has 0 bridgehead atoms. The molecule has 0 fully saturated rings. The molecule has 0 saturated heterocycles. The molecule has 154 valence electrons. The van der Waals surface area contributed by atoms with Gasteiger partial charge in [0.25, 0.3) is 0 Å². The van der Waals surface area contributed by atoms with Crippen molar-refractivity contribution >= 4 is 0 Å². The van der Waals surface area contributed by atoms with Crippen molar-refractivity contribution < 1.29 is 74.4 Å². The van der Waals surface area contributed by atoms with Gasteiger partial charge in [0, 0.05) is 12.8 Å². The summed E-state index contributed by atoms with van der Waals surface area (Å²) in [5.74, 6) is -27.8. The van der Waals surface area contributed by atoms with Crippen LogP contribution in [0.4, 0.5) is 57.1 Å². The van der Waals surface area contributed by atoms with Crippen LogP contribution in [0.25, 0.3) is 0 Å². The first kappa shape index (κ1) is 26.6. The summed E-state index contributed by atoms with van der Waals surface area (Å²) in [5, 5.41) is 0. The van der Waals surface area contributed by atoms with Gasteiger partial charge in [0.15, 0.2) is 0 Å². The summed E-state index contributed by atoms with van der Waals surface area (Å²) in [6.07, 6.45) is -11.2. The highest BCUT2D eigenvalue weighted by Gasteiger charge is 2.88. The van der Waals surface area contributed by atoms with E-state index in [1.54, 1.807) is 0 Å². The Bertz CT molecular complexity index is 443. The highest BCUT2D eigenvalue weighted by atomic mass is 35.5. The number of nitrogens with one attached hydrogen (secondary N) is 1. The van der Waals surface area contributed by atoms with Gasteiger partial charge in [0.1, 0.15) is 0 Å². The van der Waals surface area contributed by atoms with Crippen LogP contribution in [-0.2, 0) is 0 Å². The van der Waals surface area contributed by atoms with E-state index in [2.05, 4.69) is 0 Å². The maximum absolute atomic E-state index is 13.2. The lowest BCUT2D eigenvalue weighted by atomic mass is 9.94. The Kier molecular flexibility index (Phi) is 7.61. The molecule has 1 N–H and O–H groups in total. The van der Waals surface area contributed by atoms with Crippen LogP contribution in [0, 0.1) is 0 Å². The first-order chi connectivity index (χ1) is 10.2. The zero-order valence-corrected chi connectivity index (χ0v) is 13.0. The predicted octanol–water partition coefficient (Wildman–Crippen LogP) is 0.611. The molecule has 0 unspecified atom stereocenters. The maximum atomic E-state index is 13.2. The summed E-state index contributed by atoms with van der Waals surface area (Å²) in [7, 11) is 0.313. The standard InChI is InChI=1S/C10H10F13N.ClH/c1-24(2)10(22,23)9(20,21)8(18,19)7(16,17)5(11,12)3-4-6(13,14)15;/h3-4H2,1-2H3;1H. The second-order valence-electron chi connectivity index (χ2n) is 5.12. The van der Waals surface area contributed by atoms with Gasteiger partial charge in [-0.3, -0.25) is 4.90 Å². The van der Waals surface area contributed by atoms with Crippen molar-refractivity contribution in [2.24, 2.45) is 0 Å². The molecular weight excluding hydrogens is 417 g/mol. The fraction of sp³-hybridized carbons (Fsp3) is 1.00. The van der Waals surface area contributed by atoms with Gasteiger partial charge in [-0.15, -0.1) is 8.78 Å². The Hall–Kier alpha value is -0.660. The minimum Gasteiger partial charge on any atom is -1.00 e. The first-order valence-electron chi connectivity index (χ1n) is 5.91. The number of alkyl halides is 13. The van der Waals surface area contributed by atoms with Crippen LogP contribution in [0.5, 0.6) is 0 Å². The van der Waals surface area contributed by atoms with Crippen LogP contribution < -0.4 is 17.3 Å². The molecule has 0 aromatic carbocycles. The fourth-order valence-electron chi connectivity index (χ4n) is 1.39. The van der Waals surface area contributed by atoms with Gasteiger partial charge in [-0.2, -0.15) is 48.3 Å². The average molecular weight is 428 g/mol. The maximum Gasteiger partial charge on any atom is 0.459 e. The van der Waals surface area contributed by atoms with E-state index in [9.17, 15) is 57.1 Å². The van der Waals surface area contributed by atoms with Gasteiger partial charge in [0.05, 0.1) is 14.1 Å². The summed E-state index contributed by atoms with van der Waals surface area (Å²) >= 11 is 0. The van der Waals surface area contributed by atoms with Crippen molar-refractivity contribution in [1.82, 2.24) is 0 Å². The third-order valence-electron chi connectivity index (χ3n) is 2.99. The van der Waals surface area contributed by atoms with E-state index >= 15 is 0 Å². The lowest BCUT2D eigenvalue weighted by molar-refractivity contribution is -0.970. The zero-order valence-electron chi connectivity index (χ0n) is 12.2. The monoisotopic (exact) mass is 427 g/mol. The number of rotatable bonds is 7. The van der Waals surface area contributed by atoms with Crippen molar-refractivity contribution in [1.29, 1.82) is 0 Å². The third kappa shape index (κ3) is 4.55. The van der Waals surface area contributed by atoms with Crippen LogP contribution in [0.15, 0.2) is 0 Å². The minimum absolute atomic E-state index is 0. The Morgan fingerprint density at radius 1 is 0.560 bits per heavy atom. The molecule has 0 spiro atoms. The largest absolute Gasteiger partial charge is 1.00 e. The molecule has 0 aromatic rings. The van der Waals surface area contributed by atoms with Crippen molar-refractivity contribution in [3.8, 4) is 0 Å². The van der Waals surface area contributed by atoms with Crippen LogP contribution >= 0.6 is 0 Å². The molecule has 0 saturated carbocycles. The summed E-state index contributed by atoms with van der Waals surface area (Å²) < 4.78 is 167. The highest BCUT2D eigenvalue weighted by Crippen LogP contribution is 2.57. The van der Waals surface area contributed by atoms with Crippen LogP contribution in [0.2, 0.25) is 0 Å². The molecule has 0 aliphatic carbocycles. The van der Waals surface area contributed by atoms with Gasteiger partial charge in [-0.1, -0.05) is 0 Å². The highest BCUT2D eigenvalue weighted by molar-refractivity contribution is 5.06. The van der Waals surface area contributed by atoms with Crippen molar-refractivity contribution in [3.63, 3.8) is 0 Å². The van der Waals surface area contributed by atoms with E-state index in [1.807, 2.05) is 0 Å². The molecule has 0 radical (unpaired) electrons. The number of hydrogen-bond donors (Lipinski definition) is 1. The van der Waals surface area contributed by atoms with E-state index < -0.39 is 53.7 Å². The van der Waals surface area contributed by atoms with Crippen LogP contribution in [-0.4, -0.2) is 50.0 Å². The average Bonchev–Trinajstić information content (AvgIpc) is 2.34. The lowest BCUT2D eigenvalue weighted by Gasteiger charge is -2.39. The van der Waals surface area contributed by atoms with Gasteiger partial charge in [-0.05, 0) is 0 Å². The second-order valence-corrected chi connectivity index (χ2v) is 5.12. The molecule has 0 aliphatic heterocycles. The summed E-state index contributed by atoms with van der Waals surface area (Å²) in [4.78, 5) is -1.79. The van der Waals surface area contributed by atoms with Crippen LogP contribution in [0.3, 0.4) is 0 Å². The molecule has 25 heavy (non-hydrogen) atoms. The van der Waals surface area contributed by atoms with E-state index in [0.717, 1.165) is 0 Å². The molecular formula is C10H11ClF13N. The van der Waals surface area contributed by atoms with Gasteiger partial charge in [0.2, 0.25) is 0 Å². The van der Waals surface area contributed by atoms with Crippen molar-refractivity contribution in [2.45, 2.75) is 48.8 Å². The van der Waals surface area contributed by atoms with Crippen LogP contribution in [0.1, 0.15) is 12.8 Å². The number of quaternary nitrogens is 1. The molecule has 0 aliphatic rings. The SMILES string of the molecule is C[NH+](C)C(F)(F)C(F)(F)C(F)(F)C(F)(F)C(F)(F)CCC(F)(F)F.[Cl-]. The molecule has 0 heterocycles. The molecule has 1 nitrogen and oxygen atoms in total. The van der Waals surface area contributed by atoms with Gasteiger partial charge >= 0.3 is 35.9 Å². The van der Waals surface area contributed by atoms with Gasteiger partial charge < -0.3 is 12.4 Å². The number of hydrogen-bond acceptors (Lipinski definition) is 0. The Morgan fingerprint density at radius 2 is 0.920 bits per heavy atom. The Labute approximate surface area is 138 Å². The second kappa shape index (κ2) is 7.16. The van der Waals surface area contributed by atoms with Crippen molar-refractivity contribution in [2.75, 3.05) is 14.1 Å². The summed E-state index contributed by atoms with van der Waals surface area (Å²) in [5.41, 5.74) is 0. The lowest BCUT2D eigenvalue weighted by Crippen LogP contribution is -3.16. The topological polar surface area (TPSA) is 4.44 Å². The Morgan fingerprint density at radius 3 is 1.20 bits per heavy atom. The third-order valence-corrected chi connectivity index (χ3v) is 2.99. The summed E-state index contributed by atoms with van der Waals surface area (Å²) in [6, 6.07) is -5.92. The zero-order chi connectivity index (χ0) is 20.0. The normalized spacial score (nSPS) is 15.4. The Balaban J connectivity index is 0. The number of halogens is 14. The van der Waals surface area contributed by atoms with E-state index in [1.165, 1.54) is 0 Å². The summed E-state index contributed by atoms with van der Waals surface area (Å²) in [6.45, 7) is 0. The van der Waals surface area contributed by atoms with E-state index in [0.29, 0.717) is 0 Å². The smallest absolute Gasteiger partial charge is 0.459 e. The van der Waals surface area contributed by atoms with E-state index in [4.69, 9.17) is 0 Å². The van der Waals surface area contributed by atoms with Crippen molar-refractivity contribution in [3.05, 3.63) is 0 Å². The molecule has 15 heteroatoms. The minimum atomic E-state index is -7.34. The quantitative estimate of drug-likeness (QED) is 0.449. The predicted molar refractivity (Wildman–Crippen MR) is 52.8 cm³/mol. The first-order valence-corrected chi connectivity index (χ1v) is 5.91. The molecule has 0 amide bonds. The molecule has 0 atom stereocenters. The fourth-order valence-corrected chi connectivity index (χ4v) is 1.39. The molecule has 0 aromatic heterocycles. The van der Waals surface area contributed by atoms with Gasteiger partial charge in [-0.25, -0.2) is 0 Å². The van der Waals surface area contributed by atoms with E-state index in [-0.39, 0.29) is 26.5 Å². The molecule has 0 rings (SSSR count).